The molecule has 2 rings (SSSR count). The Morgan fingerprint density at radius 2 is 1.68 bits per heavy atom. The first-order chi connectivity index (χ1) is 13.5. The molecule has 0 radical (unpaired) electrons. The van der Waals surface area contributed by atoms with Crippen molar-refractivity contribution < 1.29 is 14.3 Å². The monoisotopic (exact) mass is 383 g/mol. The number of carbonyl (C=O) groups excluding carboxylic acids is 2. The Labute approximate surface area is 166 Å². The zero-order valence-corrected chi connectivity index (χ0v) is 16.5. The Bertz CT molecular complexity index is 737. The molecule has 150 valence electrons. The first-order valence-corrected chi connectivity index (χ1v) is 9.51. The second-order valence-electron chi connectivity index (χ2n) is 6.73. The van der Waals surface area contributed by atoms with Crippen molar-refractivity contribution in [3.05, 3.63) is 71.8 Å². The molecule has 0 saturated heterocycles. The molecule has 6 heteroatoms. The molecule has 1 unspecified atom stereocenters. The molecule has 0 aromatic heterocycles. The van der Waals surface area contributed by atoms with E-state index in [4.69, 9.17) is 10.5 Å². The third-order valence-corrected chi connectivity index (χ3v) is 4.71. The summed E-state index contributed by atoms with van der Waals surface area (Å²) in [5, 5.41) is 2.70. The molecular weight excluding hydrogens is 354 g/mol. The standard InChI is InChI=1S/C22H29N3O3/c1-17(19-12-7-4-8-13-19)25(2)21(26)20(14-9-15-23)24-22(27)28-16-18-10-5-3-6-11-18/h3-8,10-13,17,20H,9,14-16,23H2,1-2H3,(H,24,27)/t17?,20-/m0/s1. The zero-order chi connectivity index (χ0) is 20.4. The minimum absolute atomic E-state index is 0.115. The maximum absolute atomic E-state index is 13.0. The first-order valence-electron chi connectivity index (χ1n) is 9.51. The minimum Gasteiger partial charge on any atom is -0.445 e. The zero-order valence-electron chi connectivity index (χ0n) is 16.5. The van der Waals surface area contributed by atoms with Gasteiger partial charge in [0.1, 0.15) is 12.6 Å². The summed E-state index contributed by atoms with van der Waals surface area (Å²) in [6, 6.07) is 18.4. The summed E-state index contributed by atoms with van der Waals surface area (Å²) >= 11 is 0. The van der Waals surface area contributed by atoms with Crippen molar-refractivity contribution >= 4 is 12.0 Å². The number of nitrogens with two attached hydrogens (primary N) is 1. The number of nitrogens with zero attached hydrogens (tertiary/aromatic N) is 1. The van der Waals surface area contributed by atoms with Gasteiger partial charge in [-0.05, 0) is 37.4 Å². The summed E-state index contributed by atoms with van der Waals surface area (Å²) < 4.78 is 5.26. The van der Waals surface area contributed by atoms with Gasteiger partial charge in [0.2, 0.25) is 5.91 Å². The Morgan fingerprint density at radius 3 is 2.29 bits per heavy atom. The molecule has 0 heterocycles. The fourth-order valence-corrected chi connectivity index (χ4v) is 2.88. The van der Waals surface area contributed by atoms with Crippen LogP contribution in [0.2, 0.25) is 0 Å². The average Bonchev–Trinajstić information content (AvgIpc) is 2.75. The lowest BCUT2D eigenvalue weighted by atomic mass is 10.0. The second-order valence-corrected chi connectivity index (χ2v) is 6.73. The number of likely N-dealkylation sites (N-methyl/N-ethyl adjacent to an activating group) is 1. The molecular formula is C22H29N3O3. The number of ether oxygens (including phenoxy) is 1. The fourth-order valence-electron chi connectivity index (χ4n) is 2.88. The van der Waals surface area contributed by atoms with Gasteiger partial charge >= 0.3 is 6.09 Å². The van der Waals surface area contributed by atoms with Crippen LogP contribution in [0.4, 0.5) is 4.79 Å². The minimum atomic E-state index is -0.678. The fraction of sp³-hybridized carbons (Fsp3) is 0.364. The van der Waals surface area contributed by atoms with Crippen molar-refractivity contribution in [1.29, 1.82) is 0 Å². The number of carbonyl (C=O) groups is 2. The van der Waals surface area contributed by atoms with E-state index in [1.807, 2.05) is 67.6 Å². The van der Waals surface area contributed by atoms with E-state index in [1.165, 1.54) is 0 Å². The van der Waals surface area contributed by atoms with Crippen molar-refractivity contribution in [3.8, 4) is 0 Å². The van der Waals surface area contributed by atoms with Gasteiger partial charge in [0.05, 0.1) is 6.04 Å². The smallest absolute Gasteiger partial charge is 0.408 e. The van der Waals surface area contributed by atoms with Crippen LogP contribution >= 0.6 is 0 Å². The van der Waals surface area contributed by atoms with Gasteiger partial charge in [0, 0.05) is 7.05 Å². The molecule has 2 aromatic rings. The van der Waals surface area contributed by atoms with Crippen LogP contribution < -0.4 is 11.1 Å². The van der Waals surface area contributed by atoms with E-state index < -0.39 is 12.1 Å². The van der Waals surface area contributed by atoms with Gasteiger partial charge in [-0.25, -0.2) is 4.79 Å². The molecule has 2 amide bonds. The summed E-state index contributed by atoms with van der Waals surface area (Å²) in [6.45, 7) is 2.56. The SMILES string of the molecule is CC(c1ccccc1)N(C)C(=O)[C@H](CCCN)NC(=O)OCc1ccccc1. The van der Waals surface area contributed by atoms with Crippen LogP contribution in [0, 0.1) is 0 Å². The summed E-state index contributed by atoms with van der Waals surface area (Å²) in [5.41, 5.74) is 7.52. The molecule has 0 aliphatic heterocycles. The van der Waals surface area contributed by atoms with Crippen LogP contribution in [0.5, 0.6) is 0 Å². The quantitative estimate of drug-likeness (QED) is 0.696. The van der Waals surface area contributed by atoms with Gasteiger partial charge in [-0.2, -0.15) is 0 Å². The van der Waals surface area contributed by atoms with Gasteiger partial charge in [-0.3, -0.25) is 4.79 Å². The summed E-state index contributed by atoms with van der Waals surface area (Å²) in [6.07, 6.45) is 0.477. The summed E-state index contributed by atoms with van der Waals surface area (Å²) in [5.74, 6) is -0.165. The highest BCUT2D eigenvalue weighted by Crippen LogP contribution is 2.19. The molecule has 0 aliphatic carbocycles. The van der Waals surface area contributed by atoms with Crippen molar-refractivity contribution in [3.63, 3.8) is 0 Å². The van der Waals surface area contributed by atoms with Gasteiger partial charge in [0.25, 0.3) is 0 Å². The van der Waals surface area contributed by atoms with Crippen molar-refractivity contribution in [1.82, 2.24) is 10.2 Å². The molecule has 0 bridgehead atoms. The Hall–Kier alpha value is -2.86. The van der Waals surface area contributed by atoms with E-state index in [2.05, 4.69) is 5.32 Å². The van der Waals surface area contributed by atoms with Crippen molar-refractivity contribution in [2.45, 2.75) is 38.5 Å². The van der Waals surface area contributed by atoms with Gasteiger partial charge < -0.3 is 20.7 Å². The Balaban J connectivity index is 1.98. The highest BCUT2D eigenvalue weighted by atomic mass is 16.5. The van der Waals surface area contributed by atoms with E-state index in [1.54, 1.807) is 11.9 Å². The molecule has 0 spiro atoms. The summed E-state index contributed by atoms with van der Waals surface area (Å²) in [7, 11) is 1.74. The van der Waals surface area contributed by atoms with Crippen LogP contribution in [-0.2, 0) is 16.1 Å². The lowest BCUT2D eigenvalue weighted by molar-refractivity contribution is -0.134. The van der Waals surface area contributed by atoms with E-state index in [0.29, 0.717) is 19.4 Å². The van der Waals surface area contributed by atoms with Crippen molar-refractivity contribution in [2.75, 3.05) is 13.6 Å². The van der Waals surface area contributed by atoms with Crippen LogP contribution in [0.25, 0.3) is 0 Å². The Morgan fingerprint density at radius 1 is 1.07 bits per heavy atom. The van der Waals surface area contributed by atoms with E-state index >= 15 is 0 Å². The lowest BCUT2D eigenvalue weighted by Crippen LogP contribution is -2.48. The summed E-state index contributed by atoms with van der Waals surface area (Å²) in [4.78, 5) is 26.9. The number of amides is 2. The number of benzene rings is 2. The molecule has 0 saturated carbocycles. The van der Waals surface area contributed by atoms with E-state index in [0.717, 1.165) is 11.1 Å². The predicted molar refractivity (Wildman–Crippen MR) is 109 cm³/mol. The number of rotatable bonds is 9. The van der Waals surface area contributed by atoms with E-state index in [9.17, 15) is 9.59 Å². The maximum atomic E-state index is 13.0. The van der Waals surface area contributed by atoms with Crippen LogP contribution in [-0.4, -0.2) is 36.5 Å². The third-order valence-electron chi connectivity index (χ3n) is 4.71. The number of alkyl carbamates (subject to hydrolysis) is 1. The second kappa shape index (κ2) is 11.1. The molecule has 6 nitrogen and oxygen atoms in total. The first kappa shape index (κ1) is 21.4. The van der Waals surface area contributed by atoms with Gasteiger partial charge in [0.15, 0.2) is 0 Å². The molecule has 0 fully saturated rings. The molecule has 28 heavy (non-hydrogen) atoms. The van der Waals surface area contributed by atoms with Crippen LogP contribution in [0.1, 0.15) is 36.9 Å². The van der Waals surface area contributed by atoms with E-state index in [-0.39, 0.29) is 18.6 Å². The molecule has 3 N–H and O–H groups in total. The number of hydrogen-bond acceptors (Lipinski definition) is 4. The maximum Gasteiger partial charge on any atom is 0.408 e. The number of hydrogen-bond donors (Lipinski definition) is 2. The molecule has 2 aromatic carbocycles. The lowest BCUT2D eigenvalue weighted by Gasteiger charge is -2.29. The Kier molecular flexibility index (Phi) is 8.49. The third kappa shape index (κ3) is 6.39. The van der Waals surface area contributed by atoms with Crippen LogP contribution in [0.15, 0.2) is 60.7 Å². The number of nitrogens with one attached hydrogen (secondary N) is 1. The largest absolute Gasteiger partial charge is 0.445 e. The van der Waals surface area contributed by atoms with Crippen LogP contribution in [0.3, 0.4) is 0 Å². The normalized spacial score (nSPS) is 12.7. The molecule has 0 aliphatic rings. The van der Waals surface area contributed by atoms with Crippen molar-refractivity contribution in [2.24, 2.45) is 5.73 Å². The molecule has 2 atom stereocenters. The predicted octanol–water partition coefficient (Wildman–Crippen LogP) is 3.24. The highest BCUT2D eigenvalue weighted by molar-refractivity contribution is 5.85. The average molecular weight is 383 g/mol. The topological polar surface area (TPSA) is 84.7 Å². The van der Waals surface area contributed by atoms with Gasteiger partial charge in [-0.1, -0.05) is 60.7 Å². The highest BCUT2D eigenvalue weighted by Gasteiger charge is 2.27. The van der Waals surface area contributed by atoms with Gasteiger partial charge in [-0.15, -0.1) is 0 Å².